The van der Waals surface area contributed by atoms with E-state index in [4.69, 9.17) is 5.26 Å². The second-order valence-corrected chi connectivity index (χ2v) is 3.73. The molecule has 0 heterocycles. The number of rotatable bonds is 2. The summed E-state index contributed by atoms with van der Waals surface area (Å²) in [5.41, 5.74) is 0.823. The van der Waals surface area contributed by atoms with Gasteiger partial charge >= 0.3 is 5.97 Å². The van der Waals surface area contributed by atoms with Crippen LogP contribution in [-0.4, -0.2) is 13.1 Å². The molecule has 0 amide bonds. The Kier molecular flexibility index (Phi) is 3.40. The van der Waals surface area contributed by atoms with Gasteiger partial charge in [0.2, 0.25) is 0 Å². The molecule has 0 atom stereocenters. The van der Waals surface area contributed by atoms with E-state index in [9.17, 15) is 4.79 Å². The molecule has 0 saturated heterocycles. The lowest BCUT2D eigenvalue weighted by molar-refractivity contribution is -0.135. The van der Waals surface area contributed by atoms with Crippen LogP contribution in [0.1, 0.15) is 5.56 Å². The summed E-state index contributed by atoms with van der Waals surface area (Å²) in [6.45, 7) is 0. The number of benzene rings is 2. The number of carbonyl (C=O) groups is 1. The average molecular weight is 237 g/mol. The highest BCUT2D eigenvalue weighted by Crippen LogP contribution is 2.20. The Morgan fingerprint density at radius 3 is 2.67 bits per heavy atom. The lowest BCUT2D eigenvalue weighted by atomic mass is 10.0. The van der Waals surface area contributed by atoms with E-state index in [1.807, 2.05) is 48.5 Å². The molecule has 0 unspecified atom stereocenters. The van der Waals surface area contributed by atoms with Crippen molar-refractivity contribution in [3.8, 4) is 6.07 Å². The van der Waals surface area contributed by atoms with Crippen LogP contribution in [0.25, 0.3) is 16.8 Å². The van der Waals surface area contributed by atoms with E-state index in [1.165, 1.54) is 7.11 Å². The second kappa shape index (κ2) is 5.15. The number of nitrogens with zero attached hydrogens (tertiary/aromatic N) is 1. The van der Waals surface area contributed by atoms with Crippen LogP contribution in [0.2, 0.25) is 0 Å². The summed E-state index contributed by atoms with van der Waals surface area (Å²) in [5, 5.41) is 11.0. The summed E-state index contributed by atoms with van der Waals surface area (Å²) >= 11 is 0. The van der Waals surface area contributed by atoms with Crippen LogP contribution in [0, 0.1) is 11.3 Å². The van der Waals surface area contributed by atoms with Crippen LogP contribution in [0.4, 0.5) is 0 Å². The van der Waals surface area contributed by atoms with Crippen molar-refractivity contribution in [2.45, 2.75) is 0 Å². The number of hydrogen-bond donors (Lipinski definition) is 0. The number of ether oxygens (including phenoxy) is 1. The van der Waals surface area contributed by atoms with Crippen molar-refractivity contribution in [2.24, 2.45) is 0 Å². The number of nitriles is 1. The van der Waals surface area contributed by atoms with Crippen LogP contribution in [0.15, 0.2) is 48.0 Å². The van der Waals surface area contributed by atoms with Crippen LogP contribution in [0.5, 0.6) is 0 Å². The van der Waals surface area contributed by atoms with E-state index in [0.717, 1.165) is 16.3 Å². The SMILES string of the molecule is COC(=O)/C(C#N)=C/c1cccc2ccccc12. The second-order valence-electron chi connectivity index (χ2n) is 3.73. The number of hydrogen-bond acceptors (Lipinski definition) is 3. The van der Waals surface area contributed by atoms with Gasteiger partial charge in [-0.1, -0.05) is 42.5 Å². The van der Waals surface area contributed by atoms with Gasteiger partial charge in [-0.25, -0.2) is 4.79 Å². The Morgan fingerprint density at radius 1 is 1.22 bits per heavy atom. The van der Waals surface area contributed by atoms with Crippen LogP contribution >= 0.6 is 0 Å². The molecule has 0 aromatic heterocycles. The maximum absolute atomic E-state index is 11.4. The van der Waals surface area contributed by atoms with Crippen molar-refractivity contribution in [1.29, 1.82) is 5.26 Å². The summed E-state index contributed by atoms with van der Waals surface area (Å²) in [5.74, 6) is -0.620. The van der Waals surface area contributed by atoms with E-state index >= 15 is 0 Å². The van der Waals surface area contributed by atoms with Crippen molar-refractivity contribution in [3.05, 3.63) is 53.6 Å². The molecule has 0 radical (unpaired) electrons. The molecule has 0 saturated carbocycles. The third-order valence-electron chi connectivity index (χ3n) is 2.65. The first-order chi connectivity index (χ1) is 8.76. The Balaban J connectivity index is 2.59. The van der Waals surface area contributed by atoms with Crippen molar-refractivity contribution < 1.29 is 9.53 Å². The fourth-order valence-corrected chi connectivity index (χ4v) is 1.78. The highest BCUT2D eigenvalue weighted by molar-refractivity contribution is 6.01. The molecule has 2 aromatic carbocycles. The summed E-state index contributed by atoms with van der Waals surface area (Å²) in [7, 11) is 1.26. The fraction of sp³-hybridized carbons (Fsp3) is 0.0667. The van der Waals surface area contributed by atoms with Crippen molar-refractivity contribution in [2.75, 3.05) is 7.11 Å². The van der Waals surface area contributed by atoms with E-state index < -0.39 is 5.97 Å². The lowest BCUT2D eigenvalue weighted by Crippen LogP contribution is -2.02. The molecule has 0 aliphatic heterocycles. The molecule has 0 fully saturated rings. The predicted molar refractivity (Wildman–Crippen MR) is 69.6 cm³/mol. The number of methoxy groups -OCH3 is 1. The van der Waals surface area contributed by atoms with Gasteiger partial charge in [0.25, 0.3) is 0 Å². The maximum Gasteiger partial charge on any atom is 0.348 e. The van der Waals surface area contributed by atoms with E-state index in [1.54, 1.807) is 6.08 Å². The maximum atomic E-state index is 11.4. The quantitative estimate of drug-likeness (QED) is 0.458. The summed E-state index contributed by atoms with van der Waals surface area (Å²) < 4.78 is 4.56. The summed E-state index contributed by atoms with van der Waals surface area (Å²) in [4.78, 5) is 11.4. The Labute approximate surface area is 105 Å². The fourth-order valence-electron chi connectivity index (χ4n) is 1.78. The topological polar surface area (TPSA) is 50.1 Å². The lowest BCUT2D eigenvalue weighted by Gasteiger charge is -2.02. The van der Waals surface area contributed by atoms with Crippen LogP contribution in [0.3, 0.4) is 0 Å². The van der Waals surface area contributed by atoms with Gasteiger partial charge in [0.1, 0.15) is 11.6 Å². The molecule has 0 N–H and O–H groups in total. The van der Waals surface area contributed by atoms with Crippen molar-refractivity contribution in [1.82, 2.24) is 0 Å². The van der Waals surface area contributed by atoms with Gasteiger partial charge in [-0.2, -0.15) is 5.26 Å². The van der Waals surface area contributed by atoms with Gasteiger partial charge in [-0.05, 0) is 22.4 Å². The summed E-state index contributed by atoms with van der Waals surface area (Å²) in [6, 6.07) is 15.4. The van der Waals surface area contributed by atoms with Gasteiger partial charge in [0, 0.05) is 0 Å². The minimum atomic E-state index is -0.620. The van der Waals surface area contributed by atoms with E-state index in [2.05, 4.69) is 4.74 Å². The molecular formula is C15H11NO2. The molecule has 0 aliphatic rings. The molecule has 0 aliphatic carbocycles. The van der Waals surface area contributed by atoms with Gasteiger partial charge < -0.3 is 4.74 Å². The Morgan fingerprint density at radius 2 is 1.94 bits per heavy atom. The van der Waals surface area contributed by atoms with Crippen molar-refractivity contribution in [3.63, 3.8) is 0 Å². The van der Waals surface area contributed by atoms with Gasteiger partial charge in [-0.15, -0.1) is 0 Å². The number of esters is 1. The normalized spacial score (nSPS) is 11.0. The predicted octanol–water partition coefficient (Wildman–Crippen LogP) is 2.92. The number of fused-ring (bicyclic) bond motifs is 1. The molecule has 18 heavy (non-hydrogen) atoms. The van der Waals surface area contributed by atoms with Crippen LogP contribution in [-0.2, 0) is 9.53 Å². The summed E-state index contributed by atoms with van der Waals surface area (Å²) in [6.07, 6.45) is 1.55. The highest BCUT2D eigenvalue weighted by Gasteiger charge is 2.09. The first-order valence-electron chi connectivity index (χ1n) is 5.44. The standard InChI is InChI=1S/C15H11NO2/c1-18-15(17)13(10-16)9-12-7-4-6-11-5-2-3-8-14(11)12/h2-9H,1H3/b13-9+. The molecule has 3 nitrogen and oxygen atoms in total. The van der Waals surface area contributed by atoms with Crippen molar-refractivity contribution >= 4 is 22.8 Å². The zero-order valence-electron chi connectivity index (χ0n) is 9.88. The van der Waals surface area contributed by atoms with Crippen LogP contribution < -0.4 is 0 Å². The third-order valence-corrected chi connectivity index (χ3v) is 2.65. The van der Waals surface area contributed by atoms with E-state index in [0.29, 0.717) is 0 Å². The zero-order valence-corrected chi connectivity index (χ0v) is 9.88. The zero-order chi connectivity index (χ0) is 13.0. The highest BCUT2D eigenvalue weighted by atomic mass is 16.5. The molecule has 0 spiro atoms. The molecule has 3 heteroatoms. The molecule has 2 rings (SSSR count). The molecule has 0 bridgehead atoms. The smallest absolute Gasteiger partial charge is 0.348 e. The van der Waals surface area contributed by atoms with Gasteiger partial charge in [0.15, 0.2) is 0 Å². The largest absolute Gasteiger partial charge is 0.465 e. The third kappa shape index (κ3) is 2.23. The molecule has 88 valence electrons. The Hall–Kier alpha value is -2.60. The van der Waals surface area contributed by atoms with Gasteiger partial charge in [0.05, 0.1) is 7.11 Å². The van der Waals surface area contributed by atoms with E-state index in [-0.39, 0.29) is 5.57 Å². The minimum Gasteiger partial charge on any atom is -0.465 e. The Bertz CT molecular complexity index is 660. The first kappa shape index (κ1) is 11.9. The molecular weight excluding hydrogens is 226 g/mol. The number of carbonyl (C=O) groups excluding carboxylic acids is 1. The monoisotopic (exact) mass is 237 g/mol. The minimum absolute atomic E-state index is 0.00569. The van der Waals surface area contributed by atoms with Gasteiger partial charge in [-0.3, -0.25) is 0 Å². The molecule has 2 aromatic rings. The average Bonchev–Trinajstić information content (AvgIpc) is 2.44. The first-order valence-corrected chi connectivity index (χ1v) is 5.44.